The van der Waals surface area contributed by atoms with Gasteiger partial charge in [0.05, 0.1) is 0 Å². The lowest BCUT2D eigenvalue weighted by Crippen LogP contribution is -2.37. The van der Waals surface area contributed by atoms with Crippen LogP contribution < -0.4 is 15.4 Å². The van der Waals surface area contributed by atoms with E-state index in [4.69, 9.17) is 21.4 Å². The van der Waals surface area contributed by atoms with Gasteiger partial charge in [0.15, 0.2) is 23.2 Å². The van der Waals surface area contributed by atoms with Gasteiger partial charge in [0.25, 0.3) is 5.91 Å². The number of oxazole rings is 1. The molecule has 1 aromatic heterocycles. The molecule has 0 fully saturated rings. The summed E-state index contributed by atoms with van der Waals surface area (Å²) in [5.41, 5.74) is 4.63. The van der Waals surface area contributed by atoms with Crippen LogP contribution in [0.1, 0.15) is 17.0 Å². The van der Waals surface area contributed by atoms with Crippen LogP contribution in [0.5, 0.6) is 5.75 Å². The summed E-state index contributed by atoms with van der Waals surface area (Å²) in [7, 11) is 0. The molecule has 3 aromatic carbocycles. The lowest BCUT2D eigenvalue weighted by molar-refractivity contribution is -0.121. The first-order valence-corrected chi connectivity index (χ1v) is 10.2. The summed E-state index contributed by atoms with van der Waals surface area (Å²) < 4.78 is 11.2. The molecule has 0 aliphatic carbocycles. The second kappa shape index (κ2) is 9.40. The number of benzene rings is 3. The van der Waals surface area contributed by atoms with Gasteiger partial charge in [-0.2, -0.15) is 0 Å². The molecule has 0 saturated heterocycles. The predicted octanol–water partition coefficient (Wildman–Crippen LogP) is 4.62. The zero-order valence-electron chi connectivity index (χ0n) is 16.9. The number of amides is 1. The first-order chi connectivity index (χ1) is 15.0. The molecule has 1 amide bonds. The summed E-state index contributed by atoms with van der Waals surface area (Å²) in [6.07, 6.45) is 0.589. The molecule has 0 atom stereocenters. The molecule has 0 spiro atoms. The molecule has 31 heavy (non-hydrogen) atoms. The molecule has 6 nitrogen and oxygen atoms in total. The van der Waals surface area contributed by atoms with Crippen molar-refractivity contribution in [2.75, 3.05) is 11.9 Å². The SMILES string of the molecule is Cc1ccc2oc(Cc3ccc(NC(=S)NC(=O)COc4ccccc4)cc3)nc2c1. The number of aromatic nitrogens is 1. The van der Waals surface area contributed by atoms with Gasteiger partial charge in [-0.15, -0.1) is 0 Å². The molecule has 1 heterocycles. The molecule has 0 unspecified atom stereocenters. The third-order valence-corrected chi connectivity index (χ3v) is 4.72. The predicted molar refractivity (Wildman–Crippen MR) is 124 cm³/mol. The highest BCUT2D eigenvalue weighted by Gasteiger charge is 2.08. The fourth-order valence-corrected chi connectivity index (χ4v) is 3.26. The highest BCUT2D eigenvalue weighted by atomic mass is 32.1. The number of fused-ring (bicyclic) bond motifs is 1. The number of hydrogen-bond donors (Lipinski definition) is 2. The van der Waals surface area contributed by atoms with Gasteiger partial charge < -0.3 is 14.5 Å². The van der Waals surface area contributed by atoms with E-state index in [1.165, 1.54) is 0 Å². The Balaban J connectivity index is 1.28. The van der Waals surface area contributed by atoms with Gasteiger partial charge in [-0.05, 0) is 66.7 Å². The minimum atomic E-state index is -0.329. The van der Waals surface area contributed by atoms with Gasteiger partial charge in [0.2, 0.25) is 0 Å². The summed E-state index contributed by atoms with van der Waals surface area (Å²) in [6, 6.07) is 22.8. The zero-order valence-corrected chi connectivity index (χ0v) is 17.7. The van der Waals surface area contributed by atoms with Crippen LogP contribution in [0.25, 0.3) is 11.1 Å². The first-order valence-electron chi connectivity index (χ1n) is 9.79. The molecule has 4 rings (SSSR count). The molecule has 7 heteroatoms. The Morgan fingerprint density at radius 3 is 2.61 bits per heavy atom. The van der Waals surface area contributed by atoms with Crippen molar-refractivity contribution in [1.29, 1.82) is 0 Å². The van der Waals surface area contributed by atoms with E-state index in [0.29, 0.717) is 18.1 Å². The van der Waals surface area contributed by atoms with E-state index in [1.54, 1.807) is 12.1 Å². The second-order valence-corrected chi connectivity index (χ2v) is 7.46. The van der Waals surface area contributed by atoms with Crippen molar-refractivity contribution in [2.24, 2.45) is 0 Å². The minimum Gasteiger partial charge on any atom is -0.484 e. The monoisotopic (exact) mass is 431 g/mol. The van der Waals surface area contributed by atoms with Gasteiger partial charge >= 0.3 is 0 Å². The molecular formula is C24H21N3O3S. The number of para-hydroxylation sites is 1. The number of nitrogens with zero attached hydrogens (tertiary/aromatic N) is 1. The molecule has 0 radical (unpaired) electrons. The Kier molecular flexibility index (Phi) is 6.24. The number of hydrogen-bond acceptors (Lipinski definition) is 5. The highest BCUT2D eigenvalue weighted by molar-refractivity contribution is 7.80. The summed E-state index contributed by atoms with van der Waals surface area (Å²) >= 11 is 5.20. The fraction of sp³-hybridized carbons (Fsp3) is 0.125. The van der Waals surface area contributed by atoms with Crippen LogP contribution in [0, 0.1) is 6.92 Å². The summed E-state index contributed by atoms with van der Waals surface area (Å²) in [5.74, 6) is 0.966. The average molecular weight is 432 g/mol. The van der Waals surface area contributed by atoms with Gasteiger partial charge in [0.1, 0.15) is 11.3 Å². The standard InChI is InChI=1S/C24H21N3O3S/c1-16-7-12-21-20(13-16)26-23(30-21)14-17-8-10-18(11-9-17)25-24(31)27-22(28)15-29-19-5-3-2-4-6-19/h2-13H,14-15H2,1H3,(H2,25,27,28,31). The van der Waals surface area contributed by atoms with Crippen LogP contribution in [0.2, 0.25) is 0 Å². The van der Waals surface area contributed by atoms with Crippen molar-refractivity contribution in [3.05, 3.63) is 89.8 Å². The van der Waals surface area contributed by atoms with E-state index in [1.807, 2.05) is 67.6 Å². The molecule has 2 N–H and O–H groups in total. The Bertz CT molecular complexity index is 1200. The van der Waals surface area contributed by atoms with Crippen LogP contribution in [-0.4, -0.2) is 22.6 Å². The molecule has 0 aliphatic rings. The van der Waals surface area contributed by atoms with Gasteiger partial charge in [-0.25, -0.2) is 4.98 Å². The molecule has 0 aliphatic heterocycles. The van der Waals surface area contributed by atoms with E-state index in [9.17, 15) is 4.79 Å². The zero-order chi connectivity index (χ0) is 21.6. The van der Waals surface area contributed by atoms with E-state index in [2.05, 4.69) is 15.6 Å². The van der Waals surface area contributed by atoms with Crippen LogP contribution in [0.4, 0.5) is 5.69 Å². The van der Waals surface area contributed by atoms with Crippen LogP contribution in [-0.2, 0) is 11.2 Å². The van der Waals surface area contributed by atoms with Gasteiger partial charge in [0, 0.05) is 12.1 Å². The second-order valence-electron chi connectivity index (χ2n) is 7.06. The molecule has 0 saturated carbocycles. The topological polar surface area (TPSA) is 76.4 Å². The third-order valence-electron chi connectivity index (χ3n) is 4.52. The Morgan fingerprint density at radius 2 is 1.84 bits per heavy atom. The summed E-state index contributed by atoms with van der Waals surface area (Å²) in [6.45, 7) is 1.91. The number of rotatable bonds is 6. The lowest BCUT2D eigenvalue weighted by atomic mass is 10.1. The normalized spacial score (nSPS) is 10.6. The Labute approximate surface area is 185 Å². The van der Waals surface area contributed by atoms with Crippen LogP contribution in [0.15, 0.2) is 77.2 Å². The Hall–Kier alpha value is -3.71. The molecular weight excluding hydrogens is 410 g/mol. The Morgan fingerprint density at radius 1 is 1.06 bits per heavy atom. The average Bonchev–Trinajstić information content (AvgIpc) is 3.15. The maximum absolute atomic E-state index is 12.0. The van der Waals surface area contributed by atoms with E-state index in [0.717, 1.165) is 27.9 Å². The van der Waals surface area contributed by atoms with Crippen molar-refractivity contribution in [1.82, 2.24) is 10.3 Å². The third kappa shape index (κ3) is 5.67. The minimum absolute atomic E-state index is 0.116. The van der Waals surface area contributed by atoms with E-state index >= 15 is 0 Å². The smallest absolute Gasteiger partial charge is 0.264 e. The fourth-order valence-electron chi connectivity index (χ4n) is 3.03. The molecule has 0 bridgehead atoms. The van der Waals surface area contributed by atoms with Crippen LogP contribution in [0.3, 0.4) is 0 Å². The lowest BCUT2D eigenvalue weighted by Gasteiger charge is -2.10. The molecule has 4 aromatic rings. The van der Waals surface area contributed by atoms with E-state index in [-0.39, 0.29) is 17.6 Å². The first kappa shape index (κ1) is 20.6. The number of thiocarbonyl (C=S) groups is 1. The van der Waals surface area contributed by atoms with Crippen molar-refractivity contribution in [3.8, 4) is 5.75 Å². The van der Waals surface area contributed by atoms with Crippen molar-refractivity contribution in [3.63, 3.8) is 0 Å². The largest absolute Gasteiger partial charge is 0.484 e. The van der Waals surface area contributed by atoms with Gasteiger partial charge in [-0.3, -0.25) is 10.1 Å². The van der Waals surface area contributed by atoms with Gasteiger partial charge in [-0.1, -0.05) is 36.4 Å². The van der Waals surface area contributed by atoms with Crippen molar-refractivity contribution >= 4 is 40.0 Å². The maximum Gasteiger partial charge on any atom is 0.264 e. The summed E-state index contributed by atoms with van der Waals surface area (Å²) in [5, 5.41) is 5.81. The van der Waals surface area contributed by atoms with Crippen LogP contribution >= 0.6 is 12.2 Å². The van der Waals surface area contributed by atoms with E-state index < -0.39 is 0 Å². The summed E-state index contributed by atoms with van der Waals surface area (Å²) in [4.78, 5) is 16.5. The number of carbonyl (C=O) groups is 1. The van der Waals surface area contributed by atoms with Crippen molar-refractivity contribution in [2.45, 2.75) is 13.3 Å². The quantitative estimate of drug-likeness (QED) is 0.434. The maximum atomic E-state index is 12.0. The molecule has 156 valence electrons. The highest BCUT2D eigenvalue weighted by Crippen LogP contribution is 2.20. The number of ether oxygens (including phenoxy) is 1. The van der Waals surface area contributed by atoms with Crippen molar-refractivity contribution < 1.29 is 13.9 Å². The number of aryl methyl sites for hydroxylation is 1. The number of nitrogens with one attached hydrogen (secondary N) is 2. The number of carbonyl (C=O) groups excluding carboxylic acids is 1. The number of anilines is 1.